The molecule has 0 radical (unpaired) electrons. The molecule has 6 nitrogen and oxygen atoms in total. The van der Waals surface area contributed by atoms with Crippen molar-refractivity contribution in [3.8, 4) is 0 Å². The summed E-state index contributed by atoms with van der Waals surface area (Å²) in [6.45, 7) is 0.237. The van der Waals surface area contributed by atoms with E-state index < -0.39 is 23.2 Å². The van der Waals surface area contributed by atoms with E-state index in [4.69, 9.17) is 9.29 Å². The van der Waals surface area contributed by atoms with Gasteiger partial charge < -0.3 is 4.74 Å². The Morgan fingerprint density at radius 3 is 3.33 bits per heavy atom. The Kier molecular flexibility index (Phi) is 3.12. The molecule has 2 aliphatic rings. The van der Waals surface area contributed by atoms with E-state index in [1.807, 2.05) is 0 Å². The Labute approximate surface area is 97.1 Å². The van der Waals surface area contributed by atoms with Gasteiger partial charge in [-0.2, -0.15) is 4.72 Å². The molecule has 0 amide bonds. The molecular formula is C7H8BrN3O3S. The van der Waals surface area contributed by atoms with Crippen molar-refractivity contribution >= 4 is 38.0 Å². The fraction of sp³-hybridized carbons (Fsp3) is 0.429. The summed E-state index contributed by atoms with van der Waals surface area (Å²) < 4.78 is 28.1. The molecule has 2 aliphatic heterocycles. The second-order valence-electron chi connectivity index (χ2n) is 2.97. The van der Waals surface area contributed by atoms with Crippen molar-refractivity contribution < 1.29 is 13.5 Å². The molecule has 0 saturated heterocycles. The molecule has 2 heterocycles. The fourth-order valence-electron chi connectivity index (χ4n) is 1.37. The zero-order chi connectivity index (χ0) is 10.9. The van der Waals surface area contributed by atoms with Gasteiger partial charge in [-0.25, -0.2) is 9.20 Å². The Morgan fingerprint density at radius 1 is 1.80 bits per heavy atom. The third kappa shape index (κ3) is 2.23. The standard InChI is InChI=1S/C7H8BrN3O3S/c8-5-4-14-7(11-15(12)13)2-1-3-9-6(7)10-5/h1-3,6,11H,4H2,(H,12,13). The lowest BCUT2D eigenvalue weighted by molar-refractivity contribution is -0.0209. The summed E-state index contributed by atoms with van der Waals surface area (Å²) in [5, 5.41) is 0. The molecule has 82 valence electrons. The molecule has 0 fully saturated rings. The van der Waals surface area contributed by atoms with E-state index in [-0.39, 0.29) is 6.61 Å². The Balaban J connectivity index is 2.31. The van der Waals surface area contributed by atoms with Gasteiger partial charge in [0, 0.05) is 6.21 Å². The first-order valence-corrected chi connectivity index (χ1v) is 5.98. The summed E-state index contributed by atoms with van der Waals surface area (Å²) in [5.41, 5.74) is -1.12. The Morgan fingerprint density at radius 2 is 2.60 bits per heavy atom. The van der Waals surface area contributed by atoms with Crippen LogP contribution >= 0.6 is 15.9 Å². The monoisotopic (exact) mass is 293 g/mol. The van der Waals surface area contributed by atoms with Crippen LogP contribution in [0.5, 0.6) is 0 Å². The van der Waals surface area contributed by atoms with Gasteiger partial charge >= 0.3 is 0 Å². The molecule has 0 spiro atoms. The first-order valence-electron chi connectivity index (χ1n) is 4.08. The van der Waals surface area contributed by atoms with Crippen LogP contribution in [-0.4, -0.2) is 38.1 Å². The van der Waals surface area contributed by atoms with Crippen LogP contribution in [0.1, 0.15) is 0 Å². The maximum Gasteiger partial charge on any atom is 0.234 e. The molecule has 0 aliphatic carbocycles. The summed E-state index contributed by atoms with van der Waals surface area (Å²) in [6.07, 6.45) is 4.26. The lowest BCUT2D eigenvalue weighted by Gasteiger charge is -2.37. The first kappa shape index (κ1) is 11.1. The van der Waals surface area contributed by atoms with E-state index in [9.17, 15) is 4.21 Å². The quantitative estimate of drug-likeness (QED) is 0.714. The van der Waals surface area contributed by atoms with Crippen molar-refractivity contribution in [3.63, 3.8) is 0 Å². The van der Waals surface area contributed by atoms with Crippen molar-refractivity contribution in [3.05, 3.63) is 12.2 Å². The first-order chi connectivity index (χ1) is 7.12. The van der Waals surface area contributed by atoms with Crippen molar-refractivity contribution in [2.45, 2.75) is 11.9 Å². The van der Waals surface area contributed by atoms with Crippen LogP contribution in [-0.2, 0) is 16.0 Å². The normalized spacial score (nSPS) is 35.9. The molecule has 15 heavy (non-hydrogen) atoms. The molecule has 0 aromatic rings. The van der Waals surface area contributed by atoms with Gasteiger partial charge in [0.15, 0.2) is 11.9 Å². The molecule has 2 N–H and O–H groups in total. The minimum absolute atomic E-state index is 0.237. The SMILES string of the molecule is O=S(O)NC12C=CC=NC1N=C(Br)CO2. The van der Waals surface area contributed by atoms with Crippen LogP contribution in [0.3, 0.4) is 0 Å². The van der Waals surface area contributed by atoms with Crippen LogP contribution < -0.4 is 4.72 Å². The van der Waals surface area contributed by atoms with Crippen molar-refractivity contribution in [2.24, 2.45) is 9.98 Å². The number of fused-ring (bicyclic) bond motifs is 1. The van der Waals surface area contributed by atoms with Crippen LogP contribution in [0, 0.1) is 0 Å². The molecular weight excluding hydrogens is 286 g/mol. The second-order valence-corrected chi connectivity index (χ2v) is 4.59. The topological polar surface area (TPSA) is 83.3 Å². The van der Waals surface area contributed by atoms with E-state index in [0.29, 0.717) is 4.62 Å². The number of hydrogen-bond acceptors (Lipinski definition) is 4. The summed E-state index contributed by atoms with van der Waals surface area (Å²) in [4.78, 5) is 8.25. The average Bonchev–Trinajstić information content (AvgIpc) is 2.17. The highest BCUT2D eigenvalue weighted by molar-refractivity contribution is 9.18. The molecule has 0 saturated carbocycles. The van der Waals surface area contributed by atoms with Crippen LogP contribution in [0.15, 0.2) is 22.1 Å². The van der Waals surface area contributed by atoms with Crippen molar-refractivity contribution in [2.75, 3.05) is 6.61 Å². The summed E-state index contributed by atoms with van der Waals surface area (Å²) in [6, 6.07) is 0. The highest BCUT2D eigenvalue weighted by atomic mass is 79.9. The predicted molar refractivity (Wildman–Crippen MR) is 60.4 cm³/mol. The number of nitrogens with one attached hydrogen (secondary N) is 1. The fourth-order valence-corrected chi connectivity index (χ4v) is 2.18. The second kappa shape index (κ2) is 4.22. The lowest BCUT2D eigenvalue weighted by atomic mass is 10.1. The Hall–Kier alpha value is -0.410. The number of allylic oxidation sites excluding steroid dienone is 1. The lowest BCUT2D eigenvalue weighted by Crippen LogP contribution is -2.57. The van der Waals surface area contributed by atoms with Gasteiger partial charge in [0.25, 0.3) is 0 Å². The van der Waals surface area contributed by atoms with Crippen molar-refractivity contribution in [1.82, 2.24) is 4.72 Å². The third-order valence-corrected chi connectivity index (χ3v) is 2.91. The number of nitrogens with zero attached hydrogens (tertiary/aromatic N) is 2. The van der Waals surface area contributed by atoms with Gasteiger partial charge in [-0.1, -0.05) is 0 Å². The number of ether oxygens (including phenoxy) is 1. The molecule has 0 bridgehead atoms. The number of halogens is 1. The number of rotatable bonds is 2. The third-order valence-electron chi connectivity index (χ3n) is 1.98. The van der Waals surface area contributed by atoms with Gasteiger partial charge in [0.2, 0.25) is 11.3 Å². The van der Waals surface area contributed by atoms with Crippen LogP contribution in [0.4, 0.5) is 0 Å². The van der Waals surface area contributed by atoms with Gasteiger partial charge in [-0.15, -0.1) is 0 Å². The highest BCUT2D eigenvalue weighted by Gasteiger charge is 2.43. The minimum atomic E-state index is -2.19. The van der Waals surface area contributed by atoms with Crippen molar-refractivity contribution in [1.29, 1.82) is 0 Å². The largest absolute Gasteiger partial charge is 0.345 e. The predicted octanol–water partition coefficient (Wildman–Crippen LogP) is 0.199. The number of aliphatic imine (C=N–C) groups is 2. The van der Waals surface area contributed by atoms with Gasteiger partial charge in [-0.05, 0) is 28.1 Å². The summed E-state index contributed by atoms with van der Waals surface area (Å²) in [7, 11) is 0. The molecule has 2 rings (SSSR count). The molecule has 8 heteroatoms. The van der Waals surface area contributed by atoms with E-state index >= 15 is 0 Å². The minimum Gasteiger partial charge on any atom is -0.345 e. The van der Waals surface area contributed by atoms with E-state index in [0.717, 1.165) is 0 Å². The summed E-state index contributed by atoms with van der Waals surface area (Å²) in [5.74, 6) is 0. The maximum absolute atomic E-state index is 10.8. The Bertz CT molecular complexity index is 384. The smallest absolute Gasteiger partial charge is 0.234 e. The zero-order valence-corrected chi connectivity index (χ0v) is 9.86. The van der Waals surface area contributed by atoms with E-state index in [1.54, 1.807) is 18.4 Å². The number of dihydropyridines is 1. The molecule has 3 unspecified atom stereocenters. The van der Waals surface area contributed by atoms with Gasteiger partial charge in [-0.3, -0.25) is 9.55 Å². The van der Waals surface area contributed by atoms with E-state index in [2.05, 4.69) is 30.6 Å². The highest BCUT2D eigenvalue weighted by Crippen LogP contribution is 2.26. The zero-order valence-electron chi connectivity index (χ0n) is 7.46. The maximum atomic E-state index is 10.8. The molecule has 0 aromatic heterocycles. The van der Waals surface area contributed by atoms with Crippen LogP contribution in [0.25, 0.3) is 0 Å². The molecule has 3 atom stereocenters. The van der Waals surface area contributed by atoms with E-state index in [1.165, 1.54) is 0 Å². The average molecular weight is 294 g/mol. The van der Waals surface area contributed by atoms with Gasteiger partial charge in [0.1, 0.15) is 4.62 Å². The number of hydrogen-bond donors (Lipinski definition) is 2. The van der Waals surface area contributed by atoms with Crippen LogP contribution in [0.2, 0.25) is 0 Å². The van der Waals surface area contributed by atoms with Gasteiger partial charge in [0.05, 0.1) is 6.61 Å². The molecule has 0 aromatic carbocycles. The summed E-state index contributed by atoms with van der Waals surface area (Å²) >= 11 is 1.01.